The molecule has 2 N–H and O–H groups in total. The van der Waals surface area contributed by atoms with E-state index in [0.717, 1.165) is 11.1 Å². The third kappa shape index (κ3) is 5.99. The van der Waals surface area contributed by atoms with Crippen LogP contribution in [0.1, 0.15) is 35.3 Å². The first-order valence-electron chi connectivity index (χ1n) is 11.9. The molecule has 0 aliphatic rings. The van der Waals surface area contributed by atoms with Gasteiger partial charge in [-0.1, -0.05) is 44.2 Å². The van der Waals surface area contributed by atoms with Gasteiger partial charge in [0.2, 0.25) is 0 Å². The van der Waals surface area contributed by atoms with Crippen LogP contribution in [0.15, 0.2) is 83.8 Å². The molecule has 3 aromatic carbocycles. The van der Waals surface area contributed by atoms with E-state index in [0.29, 0.717) is 35.2 Å². The van der Waals surface area contributed by atoms with Gasteiger partial charge in [-0.05, 0) is 73.4 Å². The van der Waals surface area contributed by atoms with Gasteiger partial charge in [0.05, 0.1) is 11.9 Å². The molecular formula is C29H30N4O3. The quantitative estimate of drug-likeness (QED) is 0.333. The number of para-hydroxylation sites is 1. The number of aryl methyl sites for hydroxylation is 2. The molecule has 7 nitrogen and oxygen atoms in total. The van der Waals surface area contributed by atoms with Crippen molar-refractivity contribution in [3.8, 4) is 17.2 Å². The third-order valence-corrected chi connectivity index (χ3v) is 5.43. The van der Waals surface area contributed by atoms with E-state index in [9.17, 15) is 9.59 Å². The lowest BCUT2D eigenvalue weighted by molar-refractivity contribution is 0.0949. The fraction of sp³-hybridized carbons (Fsp3) is 0.207. The van der Waals surface area contributed by atoms with Crippen molar-refractivity contribution in [1.82, 2.24) is 15.1 Å². The zero-order chi connectivity index (χ0) is 25.7. The Balaban J connectivity index is 1.73. The number of carbonyl (C=O) groups excluding carboxylic acids is 1. The molecule has 4 rings (SSSR count). The summed E-state index contributed by atoms with van der Waals surface area (Å²) in [5, 5.41) is 10.5. The number of nitrogens with one attached hydrogen (secondary N) is 2. The third-order valence-electron chi connectivity index (χ3n) is 5.43. The van der Waals surface area contributed by atoms with Crippen LogP contribution in [-0.2, 0) is 0 Å². The highest BCUT2D eigenvalue weighted by atomic mass is 16.5. The fourth-order valence-electron chi connectivity index (χ4n) is 3.78. The number of benzene rings is 3. The van der Waals surface area contributed by atoms with Crippen LogP contribution in [0.4, 0.5) is 11.4 Å². The summed E-state index contributed by atoms with van der Waals surface area (Å²) in [5.74, 6) is 1.06. The Hall–Kier alpha value is -4.39. The van der Waals surface area contributed by atoms with Crippen molar-refractivity contribution in [3.63, 3.8) is 0 Å². The Labute approximate surface area is 210 Å². The van der Waals surface area contributed by atoms with E-state index >= 15 is 0 Å². The largest absolute Gasteiger partial charge is 0.453 e. The molecule has 1 amide bonds. The molecule has 184 valence electrons. The summed E-state index contributed by atoms with van der Waals surface area (Å²) >= 11 is 0. The molecule has 0 radical (unpaired) electrons. The van der Waals surface area contributed by atoms with Crippen LogP contribution in [-0.4, -0.2) is 22.2 Å². The average molecular weight is 483 g/mol. The van der Waals surface area contributed by atoms with Crippen LogP contribution < -0.4 is 20.9 Å². The highest BCUT2D eigenvalue weighted by molar-refractivity contribution is 5.95. The van der Waals surface area contributed by atoms with Gasteiger partial charge in [0.25, 0.3) is 11.5 Å². The Morgan fingerprint density at radius 2 is 1.69 bits per heavy atom. The summed E-state index contributed by atoms with van der Waals surface area (Å²) in [4.78, 5) is 26.2. The highest BCUT2D eigenvalue weighted by Crippen LogP contribution is 2.30. The number of aromatic nitrogens is 2. The SMILES string of the molecule is Cc1cc(C)cc(Oc2cnn(-c3ccccc3)c(=O)c2Nc2cccc(C(=O)NCC(C)C)c2)c1. The van der Waals surface area contributed by atoms with Gasteiger partial charge >= 0.3 is 0 Å². The molecule has 0 atom stereocenters. The average Bonchev–Trinajstić information content (AvgIpc) is 2.85. The van der Waals surface area contributed by atoms with Gasteiger partial charge in [-0.3, -0.25) is 9.59 Å². The second-order valence-electron chi connectivity index (χ2n) is 9.17. The number of amides is 1. The molecule has 1 heterocycles. The van der Waals surface area contributed by atoms with E-state index in [1.807, 2.05) is 76.2 Å². The molecule has 0 spiro atoms. The fourth-order valence-corrected chi connectivity index (χ4v) is 3.78. The minimum absolute atomic E-state index is 0.171. The van der Waals surface area contributed by atoms with E-state index in [1.165, 1.54) is 10.9 Å². The van der Waals surface area contributed by atoms with Crippen molar-refractivity contribution in [2.24, 2.45) is 5.92 Å². The second-order valence-corrected chi connectivity index (χ2v) is 9.17. The lowest BCUT2D eigenvalue weighted by Gasteiger charge is -2.15. The molecule has 7 heteroatoms. The summed E-state index contributed by atoms with van der Waals surface area (Å²) in [6.07, 6.45) is 1.52. The maximum absolute atomic E-state index is 13.6. The van der Waals surface area contributed by atoms with E-state index < -0.39 is 0 Å². The number of rotatable bonds is 8. The normalized spacial score (nSPS) is 10.8. The van der Waals surface area contributed by atoms with Crippen LogP contribution >= 0.6 is 0 Å². The Morgan fingerprint density at radius 3 is 2.39 bits per heavy atom. The first-order chi connectivity index (χ1) is 17.3. The summed E-state index contributed by atoms with van der Waals surface area (Å²) < 4.78 is 7.46. The van der Waals surface area contributed by atoms with Crippen LogP contribution in [0.5, 0.6) is 11.5 Å². The monoisotopic (exact) mass is 482 g/mol. The van der Waals surface area contributed by atoms with E-state index in [-0.39, 0.29) is 22.9 Å². The maximum Gasteiger partial charge on any atom is 0.299 e. The molecule has 36 heavy (non-hydrogen) atoms. The number of hydrogen-bond donors (Lipinski definition) is 2. The van der Waals surface area contributed by atoms with Gasteiger partial charge in [0, 0.05) is 17.8 Å². The molecule has 4 aromatic rings. The van der Waals surface area contributed by atoms with Crippen LogP contribution in [0.2, 0.25) is 0 Å². The van der Waals surface area contributed by atoms with Gasteiger partial charge in [-0.2, -0.15) is 9.78 Å². The predicted octanol–water partition coefficient (Wildman–Crippen LogP) is 5.77. The van der Waals surface area contributed by atoms with Gasteiger partial charge in [-0.25, -0.2) is 0 Å². The van der Waals surface area contributed by atoms with Gasteiger partial charge in [0.1, 0.15) is 5.75 Å². The topological polar surface area (TPSA) is 85.2 Å². The number of nitrogens with zero attached hydrogens (tertiary/aromatic N) is 2. The Bertz CT molecular complexity index is 1410. The minimum Gasteiger partial charge on any atom is -0.453 e. The summed E-state index contributed by atoms with van der Waals surface area (Å²) in [6.45, 7) is 8.63. The standard InChI is InChI=1S/C29H30N4O3/c1-19(2)17-30-28(34)22-9-8-10-23(16-22)32-27-26(36-25-14-20(3)13-21(4)15-25)18-31-33(29(27)35)24-11-6-5-7-12-24/h5-16,18-19,32H,17H2,1-4H3,(H,30,34). The van der Waals surface area contributed by atoms with Crippen LogP contribution in [0.3, 0.4) is 0 Å². The van der Waals surface area contributed by atoms with Crippen LogP contribution in [0.25, 0.3) is 5.69 Å². The van der Waals surface area contributed by atoms with E-state index in [4.69, 9.17) is 4.74 Å². The van der Waals surface area contributed by atoms with Crippen molar-refractivity contribution in [2.45, 2.75) is 27.7 Å². The lowest BCUT2D eigenvalue weighted by atomic mass is 10.1. The molecule has 0 saturated carbocycles. The predicted molar refractivity (Wildman–Crippen MR) is 143 cm³/mol. The minimum atomic E-state index is -0.377. The summed E-state index contributed by atoms with van der Waals surface area (Å²) in [7, 11) is 0. The van der Waals surface area contributed by atoms with Crippen LogP contribution in [0, 0.1) is 19.8 Å². The molecule has 0 aliphatic heterocycles. The number of carbonyl (C=O) groups is 1. The molecule has 1 aromatic heterocycles. The highest BCUT2D eigenvalue weighted by Gasteiger charge is 2.16. The van der Waals surface area contributed by atoms with Gasteiger partial charge in [0.15, 0.2) is 11.4 Å². The van der Waals surface area contributed by atoms with E-state index in [2.05, 4.69) is 15.7 Å². The first-order valence-corrected chi connectivity index (χ1v) is 11.9. The first kappa shape index (κ1) is 24.7. The van der Waals surface area contributed by atoms with Crippen molar-refractivity contribution >= 4 is 17.3 Å². The Kier molecular flexibility index (Phi) is 7.49. The molecule has 0 bridgehead atoms. The zero-order valence-corrected chi connectivity index (χ0v) is 20.9. The smallest absolute Gasteiger partial charge is 0.299 e. The molecule has 0 unspecified atom stereocenters. The van der Waals surface area contributed by atoms with Gasteiger partial charge < -0.3 is 15.4 Å². The number of hydrogen-bond acceptors (Lipinski definition) is 5. The maximum atomic E-state index is 13.6. The number of ether oxygens (including phenoxy) is 1. The number of anilines is 2. The Morgan fingerprint density at radius 1 is 0.972 bits per heavy atom. The zero-order valence-electron chi connectivity index (χ0n) is 20.9. The van der Waals surface area contributed by atoms with Crippen molar-refractivity contribution < 1.29 is 9.53 Å². The molecule has 0 saturated heterocycles. The van der Waals surface area contributed by atoms with Crippen molar-refractivity contribution in [1.29, 1.82) is 0 Å². The lowest BCUT2D eigenvalue weighted by Crippen LogP contribution is -2.27. The van der Waals surface area contributed by atoms with Crippen molar-refractivity contribution in [3.05, 3.63) is 106 Å². The summed E-state index contributed by atoms with van der Waals surface area (Å²) in [5.41, 5.74) is 3.64. The molecule has 0 aliphatic carbocycles. The molecular weight excluding hydrogens is 452 g/mol. The van der Waals surface area contributed by atoms with E-state index in [1.54, 1.807) is 24.3 Å². The summed E-state index contributed by atoms with van der Waals surface area (Å²) in [6, 6.07) is 22.1. The van der Waals surface area contributed by atoms with Crippen molar-refractivity contribution in [2.75, 3.05) is 11.9 Å². The second kappa shape index (κ2) is 10.9. The van der Waals surface area contributed by atoms with Gasteiger partial charge in [-0.15, -0.1) is 0 Å². The molecule has 0 fully saturated rings.